The molecule has 1 aliphatic rings. The topological polar surface area (TPSA) is 70.6 Å². The summed E-state index contributed by atoms with van der Waals surface area (Å²) in [6.45, 7) is 5.88. The maximum Gasteiger partial charge on any atom is 0.169 e. The molecule has 1 aliphatic heterocycles. The molecular formula is C17H22N6. The van der Waals surface area contributed by atoms with Crippen molar-refractivity contribution >= 4 is 5.82 Å². The van der Waals surface area contributed by atoms with Gasteiger partial charge in [0, 0.05) is 25.5 Å². The van der Waals surface area contributed by atoms with Crippen LogP contribution in [0.25, 0.3) is 0 Å². The van der Waals surface area contributed by atoms with Gasteiger partial charge in [0.1, 0.15) is 11.6 Å². The summed E-state index contributed by atoms with van der Waals surface area (Å²) >= 11 is 0. The van der Waals surface area contributed by atoms with Crippen LogP contribution in [0.2, 0.25) is 0 Å². The summed E-state index contributed by atoms with van der Waals surface area (Å²) in [4.78, 5) is 2.20. The normalized spacial score (nSPS) is 15.6. The monoisotopic (exact) mass is 310 g/mol. The van der Waals surface area contributed by atoms with E-state index in [-0.39, 0.29) is 0 Å². The molecule has 2 aromatic rings. The molecule has 0 aliphatic carbocycles. The molecule has 0 bridgehead atoms. The van der Waals surface area contributed by atoms with Crippen LogP contribution >= 0.6 is 0 Å². The summed E-state index contributed by atoms with van der Waals surface area (Å²) < 4.78 is 2.03. The second-order valence-electron chi connectivity index (χ2n) is 5.85. The van der Waals surface area contributed by atoms with E-state index in [0.717, 1.165) is 55.8 Å². The molecule has 0 saturated carbocycles. The third-order valence-corrected chi connectivity index (χ3v) is 4.60. The highest BCUT2D eigenvalue weighted by Gasteiger charge is 2.25. The lowest BCUT2D eigenvalue weighted by molar-refractivity contribution is 0.365. The van der Waals surface area contributed by atoms with Crippen molar-refractivity contribution in [2.45, 2.75) is 45.6 Å². The van der Waals surface area contributed by atoms with Gasteiger partial charge in [0.15, 0.2) is 5.82 Å². The van der Waals surface area contributed by atoms with Crippen molar-refractivity contribution in [2.75, 3.05) is 18.0 Å². The number of aryl methyl sites for hydroxylation is 1. The van der Waals surface area contributed by atoms with E-state index >= 15 is 0 Å². The molecular weight excluding hydrogens is 288 g/mol. The van der Waals surface area contributed by atoms with E-state index in [1.54, 1.807) is 0 Å². The van der Waals surface area contributed by atoms with Crippen molar-refractivity contribution in [1.29, 1.82) is 5.26 Å². The van der Waals surface area contributed by atoms with Gasteiger partial charge < -0.3 is 4.90 Å². The van der Waals surface area contributed by atoms with Crippen LogP contribution in [0.3, 0.4) is 0 Å². The van der Waals surface area contributed by atoms with E-state index in [9.17, 15) is 5.26 Å². The molecule has 3 heterocycles. The number of anilines is 1. The fourth-order valence-corrected chi connectivity index (χ4v) is 3.34. The van der Waals surface area contributed by atoms with Crippen molar-refractivity contribution < 1.29 is 0 Å². The summed E-state index contributed by atoms with van der Waals surface area (Å²) in [5.41, 5.74) is 2.70. The van der Waals surface area contributed by atoms with E-state index in [1.165, 1.54) is 0 Å². The largest absolute Gasteiger partial charge is 0.354 e. The fraction of sp³-hybridized carbons (Fsp3) is 0.529. The summed E-state index contributed by atoms with van der Waals surface area (Å²) in [6.07, 6.45) is 7.48. The van der Waals surface area contributed by atoms with Gasteiger partial charge in [-0.3, -0.25) is 4.68 Å². The van der Waals surface area contributed by atoms with E-state index in [0.29, 0.717) is 11.6 Å². The van der Waals surface area contributed by atoms with Crippen molar-refractivity contribution in [2.24, 2.45) is 0 Å². The Balaban J connectivity index is 1.82. The molecule has 23 heavy (non-hydrogen) atoms. The molecule has 6 nitrogen and oxygen atoms in total. The molecule has 120 valence electrons. The zero-order chi connectivity index (χ0) is 16.2. The maximum atomic E-state index is 9.62. The Labute approximate surface area is 136 Å². The molecule has 1 fully saturated rings. The van der Waals surface area contributed by atoms with E-state index in [2.05, 4.69) is 40.1 Å². The molecule has 1 saturated heterocycles. The van der Waals surface area contributed by atoms with Crippen LogP contribution in [-0.4, -0.2) is 33.1 Å². The first kappa shape index (κ1) is 15.5. The highest BCUT2D eigenvalue weighted by atomic mass is 15.3. The molecule has 0 radical (unpaired) electrons. The average molecular weight is 310 g/mol. The molecule has 2 aromatic heterocycles. The number of nitrogens with zero attached hydrogens (tertiary/aromatic N) is 6. The lowest BCUT2D eigenvalue weighted by Gasteiger charge is -2.33. The van der Waals surface area contributed by atoms with E-state index < -0.39 is 0 Å². The number of hydrogen-bond acceptors (Lipinski definition) is 5. The second kappa shape index (κ2) is 6.78. The predicted octanol–water partition coefficient (Wildman–Crippen LogP) is 2.51. The average Bonchev–Trinajstić information content (AvgIpc) is 3.15. The van der Waals surface area contributed by atoms with Gasteiger partial charge in [-0.15, -0.1) is 5.10 Å². The SMILES string of the molecule is CCc1nnc(N2CCC(n3cccn3)CC2)c(C#N)c1CC. The summed E-state index contributed by atoms with van der Waals surface area (Å²) in [7, 11) is 0. The highest BCUT2D eigenvalue weighted by Crippen LogP contribution is 2.28. The number of rotatable bonds is 4. The summed E-state index contributed by atoms with van der Waals surface area (Å²) in [5.74, 6) is 0.750. The van der Waals surface area contributed by atoms with E-state index in [4.69, 9.17) is 0 Å². The standard InChI is InChI=1S/C17H22N6/c1-3-14-15(12-18)17(21-20-16(14)4-2)22-10-6-13(7-11-22)23-9-5-8-19-23/h5,8-9,13H,3-4,6-7,10-11H2,1-2H3. The summed E-state index contributed by atoms with van der Waals surface area (Å²) in [5, 5.41) is 22.7. The minimum absolute atomic E-state index is 0.431. The molecule has 0 unspecified atom stereocenters. The van der Waals surface area contributed by atoms with Gasteiger partial charge in [0.25, 0.3) is 0 Å². The summed E-state index contributed by atoms with van der Waals surface area (Å²) in [6, 6.07) is 4.76. The Bertz CT molecular complexity index is 693. The lowest BCUT2D eigenvalue weighted by Crippen LogP contribution is -2.36. The Morgan fingerprint density at radius 2 is 2.00 bits per heavy atom. The molecule has 0 amide bonds. The molecule has 0 aromatic carbocycles. The quantitative estimate of drug-likeness (QED) is 0.867. The third kappa shape index (κ3) is 2.91. The van der Waals surface area contributed by atoms with Crippen molar-refractivity contribution in [3.05, 3.63) is 35.3 Å². The van der Waals surface area contributed by atoms with Crippen LogP contribution in [0.15, 0.2) is 18.5 Å². The Morgan fingerprint density at radius 1 is 1.22 bits per heavy atom. The smallest absolute Gasteiger partial charge is 0.169 e. The van der Waals surface area contributed by atoms with Crippen LogP contribution in [0.1, 0.15) is 49.6 Å². The van der Waals surface area contributed by atoms with Gasteiger partial charge in [-0.05, 0) is 37.3 Å². The predicted molar refractivity (Wildman–Crippen MR) is 88.2 cm³/mol. The van der Waals surface area contributed by atoms with Gasteiger partial charge in [-0.1, -0.05) is 13.8 Å². The van der Waals surface area contributed by atoms with Gasteiger partial charge in [0.2, 0.25) is 0 Å². The van der Waals surface area contributed by atoms with Crippen LogP contribution in [0.5, 0.6) is 0 Å². The van der Waals surface area contributed by atoms with Crippen LogP contribution in [0, 0.1) is 11.3 Å². The van der Waals surface area contributed by atoms with Crippen LogP contribution in [0.4, 0.5) is 5.82 Å². The third-order valence-electron chi connectivity index (χ3n) is 4.60. The van der Waals surface area contributed by atoms with Crippen LogP contribution < -0.4 is 4.90 Å². The van der Waals surface area contributed by atoms with Crippen molar-refractivity contribution in [3.8, 4) is 6.07 Å². The van der Waals surface area contributed by atoms with Crippen molar-refractivity contribution in [3.63, 3.8) is 0 Å². The Morgan fingerprint density at radius 3 is 2.57 bits per heavy atom. The number of aromatic nitrogens is 4. The van der Waals surface area contributed by atoms with Crippen molar-refractivity contribution in [1.82, 2.24) is 20.0 Å². The fourth-order valence-electron chi connectivity index (χ4n) is 3.34. The zero-order valence-electron chi connectivity index (χ0n) is 13.7. The number of hydrogen-bond donors (Lipinski definition) is 0. The number of piperidine rings is 1. The number of nitriles is 1. The van der Waals surface area contributed by atoms with Crippen LogP contribution in [-0.2, 0) is 12.8 Å². The van der Waals surface area contributed by atoms with E-state index in [1.807, 2.05) is 23.1 Å². The molecule has 0 N–H and O–H groups in total. The van der Waals surface area contributed by atoms with Gasteiger partial charge in [0.05, 0.1) is 11.7 Å². The zero-order valence-corrected chi connectivity index (χ0v) is 13.7. The molecule has 0 atom stereocenters. The maximum absolute atomic E-state index is 9.62. The first-order valence-electron chi connectivity index (χ1n) is 8.31. The first-order valence-corrected chi connectivity index (χ1v) is 8.31. The van der Waals surface area contributed by atoms with Gasteiger partial charge in [-0.2, -0.15) is 15.5 Å². The second-order valence-corrected chi connectivity index (χ2v) is 5.85. The molecule has 0 spiro atoms. The lowest BCUT2D eigenvalue weighted by atomic mass is 10.0. The Kier molecular flexibility index (Phi) is 4.56. The highest BCUT2D eigenvalue weighted by molar-refractivity contribution is 5.58. The minimum atomic E-state index is 0.431. The molecule has 3 rings (SSSR count). The van der Waals surface area contributed by atoms with Gasteiger partial charge >= 0.3 is 0 Å². The molecule has 6 heteroatoms. The Hall–Kier alpha value is -2.42. The van der Waals surface area contributed by atoms with Gasteiger partial charge in [-0.25, -0.2) is 0 Å². The minimum Gasteiger partial charge on any atom is -0.354 e. The first-order chi connectivity index (χ1) is 11.3.